The van der Waals surface area contributed by atoms with E-state index >= 15 is 0 Å². The lowest BCUT2D eigenvalue weighted by Crippen LogP contribution is -2.06. The van der Waals surface area contributed by atoms with Gasteiger partial charge in [0.2, 0.25) is 0 Å². The minimum absolute atomic E-state index is 0.0112. The Labute approximate surface area is 161 Å². The van der Waals surface area contributed by atoms with Gasteiger partial charge in [0, 0.05) is 16.5 Å². The van der Waals surface area contributed by atoms with Crippen LogP contribution in [0.25, 0.3) is 17.0 Å². The number of carbonyl (C=O) groups excluding carboxylic acids is 1. The zero-order valence-corrected chi connectivity index (χ0v) is 15.2. The lowest BCUT2D eigenvalue weighted by atomic mass is 10.0. The highest BCUT2D eigenvalue weighted by molar-refractivity contribution is 6.30. The average Bonchev–Trinajstić information content (AvgIpc) is 2.65. The van der Waals surface area contributed by atoms with Crippen molar-refractivity contribution >= 4 is 34.4 Å². The molecule has 5 heteroatoms. The molecule has 0 saturated carbocycles. The zero-order chi connectivity index (χ0) is 19.4. The first-order valence-corrected chi connectivity index (χ1v) is 8.49. The van der Waals surface area contributed by atoms with Gasteiger partial charge in [0.15, 0.2) is 11.4 Å². The lowest BCUT2D eigenvalue weighted by molar-refractivity contribution is 0.104. The van der Waals surface area contributed by atoms with Crippen molar-refractivity contribution in [1.29, 1.82) is 0 Å². The molecule has 0 aliphatic rings. The first kappa shape index (κ1) is 18.5. The molecule has 0 aliphatic carbocycles. The van der Waals surface area contributed by atoms with Crippen LogP contribution in [0.5, 0.6) is 5.75 Å². The number of aryl methyl sites for hydroxylation is 1. The molecule has 0 bridgehead atoms. The standard InChI is InChI=1S/C22H15ClO4/c1-3-12-26-19-11-9-17-14(2)13-20(25)27-22(17)21(19)18(24)10-6-15-4-7-16(23)8-5-15/h1,4-11,13H,12H2,2H3. The van der Waals surface area contributed by atoms with Crippen LogP contribution >= 0.6 is 11.6 Å². The number of halogens is 1. The van der Waals surface area contributed by atoms with Gasteiger partial charge in [-0.1, -0.05) is 35.7 Å². The van der Waals surface area contributed by atoms with E-state index in [-0.39, 0.29) is 29.3 Å². The molecule has 27 heavy (non-hydrogen) atoms. The topological polar surface area (TPSA) is 56.5 Å². The van der Waals surface area contributed by atoms with Gasteiger partial charge < -0.3 is 9.15 Å². The van der Waals surface area contributed by atoms with Crippen LogP contribution in [0.3, 0.4) is 0 Å². The van der Waals surface area contributed by atoms with Gasteiger partial charge in [0.05, 0.1) is 0 Å². The summed E-state index contributed by atoms with van der Waals surface area (Å²) in [6.07, 6.45) is 8.29. The summed E-state index contributed by atoms with van der Waals surface area (Å²) in [7, 11) is 0. The fourth-order valence-electron chi connectivity index (χ4n) is 2.67. The van der Waals surface area contributed by atoms with Crippen molar-refractivity contribution in [2.45, 2.75) is 6.92 Å². The molecule has 0 fully saturated rings. The molecule has 0 unspecified atom stereocenters. The highest BCUT2D eigenvalue weighted by Gasteiger charge is 2.18. The maximum Gasteiger partial charge on any atom is 0.336 e. The fourth-order valence-corrected chi connectivity index (χ4v) is 2.79. The van der Waals surface area contributed by atoms with Crippen molar-refractivity contribution in [3.8, 4) is 18.1 Å². The fraction of sp³-hybridized carbons (Fsp3) is 0.0909. The Hall–Kier alpha value is -3.29. The number of benzene rings is 2. The Morgan fingerprint density at radius 1 is 1.26 bits per heavy atom. The Morgan fingerprint density at radius 3 is 2.70 bits per heavy atom. The predicted molar refractivity (Wildman–Crippen MR) is 106 cm³/mol. The van der Waals surface area contributed by atoms with E-state index in [9.17, 15) is 9.59 Å². The van der Waals surface area contributed by atoms with Crippen molar-refractivity contribution in [2.75, 3.05) is 6.61 Å². The van der Waals surface area contributed by atoms with Gasteiger partial charge in [-0.25, -0.2) is 4.79 Å². The molecule has 3 aromatic rings. The average molecular weight is 379 g/mol. The van der Waals surface area contributed by atoms with Gasteiger partial charge in [0.1, 0.15) is 17.9 Å². The summed E-state index contributed by atoms with van der Waals surface area (Å²) in [6.45, 7) is 1.77. The van der Waals surface area contributed by atoms with E-state index in [1.807, 2.05) is 0 Å². The molecule has 0 spiro atoms. The van der Waals surface area contributed by atoms with Gasteiger partial charge in [-0.15, -0.1) is 6.42 Å². The SMILES string of the molecule is C#CCOc1ccc2c(C)cc(=O)oc2c1C(=O)C=Cc1ccc(Cl)cc1. The molecule has 4 nitrogen and oxygen atoms in total. The van der Waals surface area contributed by atoms with E-state index in [1.165, 1.54) is 12.1 Å². The maximum atomic E-state index is 12.9. The number of carbonyl (C=O) groups is 1. The third-order valence-electron chi connectivity index (χ3n) is 3.94. The summed E-state index contributed by atoms with van der Waals surface area (Å²) < 4.78 is 10.8. The van der Waals surface area contributed by atoms with E-state index in [2.05, 4.69) is 5.92 Å². The quantitative estimate of drug-likeness (QED) is 0.280. The second-order valence-corrected chi connectivity index (χ2v) is 6.24. The molecule has 0 amide bonds. The molecule has 1 heterocycles. The molecule has 1 aromatic heterocycles. The van der Waals surface area contributed by atoms with E-state index in [0.29, 0.717) is 16.0 Å². The Balaban J connectivity index is 2.11. The van der Waals surface area contributed by atoms with E-state index in [4.69, 9.17) is 27.2 Å². The number of hydrogen-bond acceptors (Lipinski definition) is 4. The summed E-state index contributed by atoms with van der Waals surface area (Å²) in [6, 6.07) is 11.8. The Morgan fingerprint density at radius 2 is 2.00 bits per heavy atom. The van der Waals surface area contributed by atoms with Crippen LogP contribution in [0.15, 0.2) is 57.8 Å². The van der Waals surface area contributed by atoms with Crippen molar-refractivity contribution in [1.82, 2.24) is 0 Å². The van der Waals surface area contributed by atoms with Gasteiger partial charge in [-0.2, -0.15) is 0 Å². The van der Waals surface area contributed by atoms with E-state index in [0.717, 1.165) is 5.56 Å². The molecule has 0 radical (unpaired) electrons. The van der Waals surface area contributed by atoms with Crippen molar-refractivity contribution in [3.05, 3.63) is 80.7 Å². The highest BCUT2D eigenvalue weighted by Crippen LogP contribution is 2.30. The van der Waals surface area contributed by atoms with Crippen molar-refractivity contribution in [2.24, 2.45) is 0 Å². The van der Waals surface area contributed by atoms with Crippen LogP contribution in [0.4, 0.5) is 0 Å². The minimum atomic E-state index is -0.537. The lowest BCUT2D eigenvalue weighted by Gasteiger charge is -2.11. The van der Waals surface area contributed by atoms with Gasteiger partial charge in [-0.05, 0) is 48.4 Å². The van der Waals surface area contributed by atoms with Crippen LogP contribution < -0.4 is 10.4 Å². The van der Waals surface area contributed by atoms with Crippen molar-refractivity contribution < 1.29 is 13.9 Å². The summed E-state index contributed by atoms with van der Waals surface area (Å²) in [5.74, 6) is 2.26. The third-order valence-corrected chi connectivity index (χ3v) is 4.19. The van der Waals surface area contributed by atoms with Crippen LogP contribution in [-0.2, 0) is 0 Å². The number of hydrogen-bond donors (Lipinski definition) is 0. The molecular formula is C22H15ClO4. The summed E-state index contributed by atoms with van der Waals surface area (Å²) >= 11 is 5.87. The van der Waals surface area contributed by atoms with Gasteiger partial charge in [-0.3, -0.25) is 4.79 Å². The molecule has 134 valence electrons. The Kier molecular flexibility index (Phi) is 5.44. The van der Waals surface area contributed by atoms with E-state index < -0.39 is 5.63 Å². The van der Waals surface area contributed by atoms with Gasteiger partial charge >= 0.3 is 5.63 Å². The number of ketones is 1. The highest BCUT2D eigenvalue weighted by atomic mass is 35.5. The number of terminal acetylenes is 1. The molecule has 0 aliphatic heterocycles. The van der Waals surface area contributed by atoms with Crippen LogP contribution in [-0.4, -0.2) is 12.4 Å². The molecular weight excluding hydrogens is 364 g/mol. The smallest absolute Gasteiger partial charge is 0.336 e. The minimum Gasteiger partial charge on any atom is -0.480 e. The van der Waals surface area contributed by atoms with Crippen molar-refractivity contribution in [3.63, 3.8) is 0 Å². The largest absolute Gasteiger partial charge is 0.480 e. The predicted octanol–water partition coefficient (Wildman–Crippen LogP) is 4.66. The normalized spacial score (nSPS) is 10.9. The molecule has 3 rings (SSSR count). The second-order valence-electron chi connectivity index (χ2n) is 5.81. The first-order chi connectivity index (χ1) is 13.0. The third kappa shape index (κ3) is 4.11. The summed E-state index contributed by atoms with van der Waals surface area (Å²) in [5, 5.41) is 1.26. The monoisotopic (exact) mass is 378 g/mol. The summed E-state index contributed by atoms with van der Waals surface area (Å²) in [4.78, 5) is 24.7. The molecule has 0 atom stereocenters. The number of fused-ring (bicyclic) bond motifs is 1. The number of rotatable bonds is 5. The van der Waals surface area contributed by atoms with Crippen LogP contribution in [0.1, 0.15) is 21.5 Å². The molecule has 0 saturated heterocycles. The first-order valence-electron chi connectivity index (χ1n) is 8.11. The second kappa shape index (κ2) is 7.94. The van der Waals surface area contributed by atoms with Crippen LogP contribution in [0, 0.1) is 19.3 Å². The molecule has 0 N–H and O–H groups in total. The maximum absolute atomic E-state index is 12.9. The number of ether oxygens (including phenoxy) is 1. The van der Waals surface area contributed by atoms with Gasteiger partial charge in [0.25, 0.3) is 0 Å². The zero-order valence-electron chi connectivity index (χ0n) is 14.5. The number of allylic oxidation sites excluding steroid dienone is 1. The van der Waals surface area contributed by atoms with E-state index in [1.54, 1.807) is 49.4 Å². The molecule has 2 aromatic carbocycles. The van der Waals surface area contributed by atoms with Crippen LogP contribution in [0.2, 0.25) is 5.02 Å². The Bertz CT molecular complexity index is 1130. The summed E-state index contributed by atoms with van der Waals surface area (Å²) in [5.41, 5.74) is 1.32.